The second-order valence-corrected chi connectivity index (χ2v) is 4.60. The van der Waals surface area contributed by atoms with Crippen LogP contribution in [-0.2, 0) is 4.79 Å². The van der Waals surface area contributed by atoms with Gasteiger partial charge < -0.3 is 15.5 Å². The average Bonchev–Trinajstić information content (AvgIpc) is 2.46. The summed E-state index contributed by atoms with van der Waals surface area (Å²) in [7, 11) is 0.993. The Labute approximate surface area is 126 Å². The summed E-state index contributed by atoms with van der Waals surface area (Å²) in [6, 6.07) is 4.03. The number of primary amides is 1. The predicted molar refractivity (Wildman–Crippen MR) is 78.0 cm³/mol. The maximum absolute atomic E-state index is 12.5. The van der Waals surface area contributed by atoms with Gasteiger partial charge in [-0.15, -0.1) is 0 Å². The Balaban J connectivity index is 3.29. The zero-order valence-electron chi connectivity index (χ0n) is 12.6. The van der Waals surface area contributed by atoms with Crippen LogP contribution in [0.3, 0.4) is 0 Å². The molecule has 2 amide bonds. The molecule has 0 unspecified atom stereocenters. The lowest BCUT2D eigenvalue weighted by Gasteiger charge is -2.25. The maximum Gasteiger partial charge on any atom is 0.471 e. The highest BCUT2D eigenvalue weighted by Crippen LogP contribution is 2.28. The lowest BCUT2D eigenvalue weighted by molar-refractivity contribution is -0.170. The number of carbonyl (C=O) groups excluding carboxylic acids is 2. The van der Waals surface area contributed by atoms with E-state index in [-0.39, 0.29) is 11.3 Å². The van der Waals surface area contributed by atoms with Crippen molar-refractivity contribution in [3.63, 3.8) is 0 Å². The number of benzene rings is 1. The number of alkyl halides is 3. The molecule has 0 radical (unpaired) electrons. The van der Waals surface area contributed by atoms with Crippen LogP contribution in [0.5, 0.6) is 0 Å². The highest BCUT2D eigenvalue weighted by molar-refractivity contribution is 6.02. The third-order valence-electron chi connectivity index (χ3n) is 3.28. The van der Waals surface area contributed by atoms with Crippen molar-refractivity contribution in [1.29, 1.82) is 0 Å². The highest BCUT2D eigenvalue weighted by atomic mass is 19.4. The first-order chi connectivity index (χ1) is 10.1. The first kappa shape index (κ1) is 17.8. The molecule has 8 heteroatoms. The lowest BCUT2D eigenvalue weighted by Crippen LogP contribution is -2.38. The first-order valence-electron chi connectivity index (χ1n) is 6.67. The monoisotopic (exact) mass is 317 g/mol. The summed E-state index contributed by atoms with van der Waals surface area (Å²) >= 11 is 0. The number of amides is 2. The second-order valence-electron chi connectivity index (χ2n) is 4.60. The van der Waals surface area contributed by atoms with Crippen LogP contribution < -0.4 is 15.5 Å². The van der Waals surface area contributed by atoms with Gasteiger partial charge in [-0.1, -0.05) is 0 Å². The van der Waals surface area contributed by atoms with Gasteiger partial charge in [0, 0.05) is 31.5 Å². The Morgan fingerprint density at radius 1 is 1.18 bits per heavy atom. The summed E-state index contributed by atoms with van der Waals surface area (Å²) in [5.74, 6) is -2.78. The molecule has 0 bridgehead atoms. The molecule has 0 aliphatic heterocycles. The quantitative estimate of drug-likeness (QED) is 0.905. The van der Waals surface area contributed by atoms with E-state index < -0.39 is 18.0 Å². The molecule has 5 nitrogen and oxygen atoms in total. The molecule has 0 aliphatic rings. The second kappa shape index (κ2) is 6.67. The van der Waals surface area contributed by atoms with Crippen molar-refractivity contribution >= 4 is 23.2 Å². The van der Waals surface area contributed by atoms with Crippen LogP contribution in [0.2, 0.25) is 0 Å². The summed E-state index contributed by atoms with van der Waals surface area (Å²) in [6.07, 6.45) is -4.99. The van der Waals surface area contributed by atoms with E-state index in [1.54, 1.807) is 0 Å². The molecule has 0 aromatic heterocycles. The molecule has 22 heavy (non-hydrogen) atoms. The number of anilines is 2. The molecule has 0 aliphatic carbocycles. The van der Waals surface area contributed by atoms with Gasteiger partial charge in [0.05, 0.1) is 5.56 Å². The van der Waals surface area contributed by atoms with Crippen molar-refractivity contribution in [3.8, 4) is 0 Å². The topological polar surface area (TPSA) is 66.6 Å². The zero-order valence-corrected chi connectivity index (χ0v) is 12.6. The fourth-order valence-electron chi connectivity index (χ4n) is 2.08. The normalized spacial score (nSPS) is 11.2. The van der Waals surface area contributed by atoms with E-state index >= 15 is 0 Å². The number of nitrogens with zero attached hydrogens (tertiary/aromatic N) is 2. The van der Waals surface area contributed by atoms with E-state index in [9.17, 15) is 22.8 Å². The molecule has 2 N–H and O–H groups in total. The summed E-state index contributed by atoms with van der Waals surface area (Å²) in [5.41, 5.74) is 5.85. The van der Waals surface area contributed by atoms with Crippen molar-refractivity contribution < 1.29 is 22.8 Å². The molecule has 0 heterocycles. The van der Waals surface area contributed by atoms with Crippen LogP contribution >= 0.6 is 0 Å². The van der Waals surface area contributed by atoms with Gasteiger partial charge in [0.15, 0.2) is 0 Å². The van der Waals surface area contributed by atoms with E-state index in [2.05, 4.69) is 0 Å². The zero-order chi connectivity index (χ0) is 17.1. The summed E-state index contributed by atoms with van der Waals surface area (Å²) in [6.45, 7) is 4.96. The van der Waals surface area contributed by atoms with Crippen molar-refractivity contribution in [2.45, 2.75) is 20.0 Å². The minimum Gasteiger partial charge on any atom is -0.371 e. The first-order valence-corrected chi connectivity index (χ1v) is 6.67. The van der Waals surface area contributed by atoms with E-state index in [0.29, 0.717) is 23.7 Å². The van der Waals surface area contributed by atoms with Gasteiger partial charge in [0.25, 0.3) is 5.91 Å². The van der Waals surface area contributed by atoms with Crippen molar-refractivity contribution in [2.24, 2.45) is 5.73 Å². The molecule has 1 rings (SSSR count). The van der Waals surface area contributed by atoms with Crippen LogP contribution in [0.15, 0.2) is 18.2 Å². The van der Waals surface area contributed by atoms with Gasteiger partial charge in [0.1, 0.15) is 0 Å². The van der Waals surface area contributed by atoms with E-state index in [1.165, 1.54) is 18.2 Å². The molecule has 0 fully saturated rings. The Morgan fingerprint density at radius 2 is 1.73 bits per heavy atom. The number of hydrogen-bond donors (Lipinski definition) is 1. The maximum atomic E-state index is 12.5. The lowest BCUT2D eigenvalue weighted by atomic mass is 10.1. The smallest absolute Gasteiger partial charge is 0.371 e. The van der Waals surface area contributed by atoms with Gasteiger partial charge in [-0.3, -0.25) is 9.59 Å². The third-order valence-corrected chi connectivity index (χ3v) is 3.28. The molecular weight excluding hydrogens is 299 g/mol. The van der Waals surface area contributed by atoms with E-state index in [1.807, 2.05) is 18.7 Å². The SMILES string of the molecule is CCN(CC)c1ccc(N(C)C(=O)C(F)(F)F)cc1C(N)=O. The summed E-state index contributed by atoms with van der Waals surface area (Å²) < 4.78 is 37.4. The minimum atomic E-state index is -4.99. The number of halogens is 3. The molecule has 0 saturated carbocycles. The predicted octanol–water partition coefficient (Wildman–Crippen LogP) is 2.16. The van der Waals surface area contributed by atoms with Gasteiger partial charge >= 0.3 is 12.1 Å². The Bertz CT molecular complexity index is 569. The molecule has 1 aromatic rings. The fraction of sp³-hybridized carbons (Fsp3) is 0.429. The van der Waals surface area contributed by atoms with Gasteiger partial charge in [-0.2, -0.15) is 13.2 Å². The van der Waals surface area contributed by atoms with Crippen molar-refractivity contribution in [2.75, 3.05) is 29.9 Å². The molecular formula is C14H18F3N3O2. The van der Waals surface area contributed by atoms with E-state index in [4.69, 9.17) is 5.73 Å². The van der Waals surface area contributed by atoms with Crippen LogP contribution in [-0.4, -0.2) is 38.1 Å². The minimum absolute atomic E-state index is 0.0490. The van der Waals surface area contributed by atoms with Crippen LogP contribution in [0.25, 0.3) is 0 Å². The largest absolute Gasteiger partial charge is 0.471 e. The number of nitrogens with two attached hydrogens (primary N) is 1. The summed E-state index contributed by atoms with van der Waals surface area (Å²) in [4.78, 5) is 25.1. The van der Waals surface area contributed by atoms with E-state index in [0.717, 1.165) is 7.05 Å². The molecule has 0 atom stereocenters. The average molecular weight is 317 g/mol. The van der Waals surface area contributed by atoms with Crippen molar-refractivity contribution in [1.82, 2.24) is 0 Å². The Morgan fingerprint density at radius 3 is 2.14 bits per heavy atom. The molecule has 122 valence electrons. The van der Waals surface area contributed by atoms with Gasteiger partial charge in [-0.25, -0.2) is 0 Å². The highest BCUT2D eigenvalue weighted by Gasteiger charge is 2.41. The number of hydrogen-bond acceptors (Lipinski definition) is 3. The molecule has 0 saturated heterocycles. The van der Waals surface area contributed by atoms with Gasteiger partial charge in [0.2, 0.25) is 0 Å². The Hall–Kier alpha value is -2.25. The molecule has 1 aromatic carbocycles. The van der Waals surface area contributed by atoms with Gasteiger partial charge in [-0.05, 0) is 32.0 Å². The summed E-state index contributed by atoms with van der Waals surface area (Å²) in [5, 5.41) is 0. The van der Waals surface area contributed by atoms with Crippen LogP contribution in [0, 0.1) is 0 Å². The number of rotatable bonds is 5. The van der Waals surface area contributed by atoms with Crippen molar-refractivity contribution in [3.05, 3.63) is 23.8 Å². The van der Waals surface area contributed by atoms with Crippen LogP contribution in [0.4, 0.5) is 24.5 Å². The standard InChI is InChI=1S/C14H18F3N3O2/c1-4-20(5-2)11-7-6-9(8-10(11)12(18)21)19(3)13(22)14(15,16)17/h6-8H,4-5H2,1-3H3,(H2,18,21). The fourth-order valence-corrected chi connectivity index (χ4v) is 2.08. The van der Waals surface area contributed by atoms with Crippen LogP contribution in [0.1, 0.15) is 24.2 Å². The molecule has 0 spiro atoms. The third kappa shape index (κ3) is 3.69. The number of carbonyl (C=O) groups is 2. The Kier molecular flexibility index (Phi) is 5.40.